The van der Waals surface area contributed by atoms with Crippen LogP contribution in [0.4, 0.5) is 0 Å². The van der Waals surface area contributed by atoms with Crippen molar-refractivity contribution in [2.45, 2.75) is 33.3 Å². The summed E-state index contributed by atoms with van der Waals surface area (Å²) in [5.74, 6) is 0. The SMILES string of the molecule is C=C(C)/C=C(\C=C/C)C(C)(C)O. The molecule has 0 atom stereocenters. The first-order valence-electron chi connectivity index (χ1n) is 4.10. The maximum Gasteiger partial charge on any atom is 0.0840 e. The van der Waals surface area contributed by atoms with Crippen LogP contribution in [-0.2, 0) is 0 Å². The van der Waals surface area contributed by atoms with Crippen molar-refractivity contribution in [2.24, 2.45) is 0 Å². The van der Waals surface area contributed by atoms with Crippen molar-refractivity contribution in [2.75, 3.05) is 0 Å². The van der Waals surface area contributed by atoms with E-state index in [2.05, 4.69) is 6.58 Å². The van der Waals surface area contributed by atoms with Crippen molar-refractivity contribution in [3.8, 4) is 0 Å². The van der Waals surface area contributed by atoms with Crippen LogP contribution in [-0.4, -0.2) is 10.7 Å². The monoisotopic (exact) mass is 166 g/mol. The van der Waals surface area contributed by atoms with E-state index in [0.717, 1.165) is 11.1 Å². The molecule has 68 valence electrons. The van der Waals surface area contributed by atoms with E-state index in [1.807, 2.05) is 32.1 Å². The molecule has 0 bridgehead atoms. The molecule has 0 aliphatic carbocycles. The fourth-order valence-corrected chi connectivity index (χ4v) is 0.874. The van der Waals surface area contributed by atoms with Gasteiger partial charge in [0.1, 0.15) is 0 Å². The minimum Gasteiger partial charge on any atom is -0.386 e. The van der Waals surface area contributed by atoms with Gasteiger partial charge in [-0.3, -0.25) is 0 Å². The van der Waals surface area contributed by atoms with Crippen molar-refractivity contribution in [1.82, 2.24) is 0 Å². The molecule has 0 amide bonds. The number of hydrogen-bond donors (Lipinski definition) is 1. The zero-order chi connectivity index (χ0) is 9.78. The minimum absolute atomic E-state index is 0.786. The Morgan fingerprint density at radius 2 is 1.92 bits per heavy atom. The Labute approximate surface area is 75.1 Å². The van der Waals surface area contributed by atoms with Crippen LogP contribution in [0.25, 0.3) is 0 Å². The van der Waals surface area contributed by atoms with E-state index < -0.39 is 5.60 Å². The van der Waals surface area contributed by atoms with Gasteiger partial charge < -0.3 is 5.11 Å². The lowest BCUT2D eigenvalue weighted by molar-refractivity contribution is 0.123. The second kappa shape index (κ2) is 4.27. The molecule has 0 aromatic heterocycles. The van der Waals surface area contributed by atoms with Crippen LogP contribution < -0.4 is 0 Å². The molecule has 0 fully saturated rings. The highest BCUT2D eigenvalue weighted by Crippen LogP contribution is 2.18. The van der Waals surface area contributed by atoms with Gasteiger partial charge in [-0.2, -0.15) is 0 Å². The largest absolute Gasteiger partial charge is 0.386 e. The van der Waals surface area contributed by atoms with Crippen molar-refractivity contribution in [3.63, 3.8) is 0 Å². The van der Waals surface area contributed by atoms with E-state index in [9.17, 15) is 5.11 Å². The number of allylic oxidation sites excluding steroid dienone is 3. The molecule has 1 heteroatoms. The summed E-state index contributed by atoms with van der Waals surface area (Å²) in [6.45, 7) is 11.1. The third-order valence-corrected chi connectivity index (χ3v) is 1.45. The Morgan fingerprint density at radius 3 is 2.17 bits per heavy atom. The zero-order valence-electron chi connectivity index (χ0n) is 8.39. The molecule has 12 heavy (non-hydrogen) atoms. The van der Waals surface area contributed by atoms with Crippen LogP contribution in [0.5, 0.6) is 0 Å². The van der Waals surface area contributed by atoms with Gasteiger partial charge in [-0.15, -0.1) is 0 Å². The standard InChI is InChI=1S/C11H18O/c1-6-7-10(8-9(2)3)11(4,5)12/h6-8,12H,2H2,1,3-5H3/b7-6-,10-8+. The second-order valence-corrected chi connectivity index (χ2v) is 3.51. The maximum absolute atomic E-state index is 9.70. The van der Waals surface area contributed by atoms with Crippen molar-refractivity contribution >= 4 is 0 Å². The van der Waals surface area contributed by atoms with Gasteiger partial charge in [0.15, 0.2) is 0 Å². The molecular formula is C11H18O. The second-order valence-electron chi connectivity index (χ2n) is 3.51. The highest BCUT2D eigenvalue weighted by molar-refractivity contribution is 5.33. The number of hydrogen-bond acceptors (Lipinski definition) is 1. The Balaban J connectivity index is 4.80. The summed E-state index contributed by atoms with van der Waals surface area (Å²) in [5.41, 5.74) is 1.05. The summed E-state index contributed by atoms with van der Waals surface area (Å²) in [4.78, 5) is 0. The smallest absolute Gasteiger partial charge is 0.0840 e. The molecule has 0 aliphatic heterocycles. The Hall–Kier alpha value is -0.820. The van der Waals surface area contributed by atoms with Crippen LogP contribution in [0.2, 0.25) is 0 Å². The van der Waals surface area contributed by atoms with Gasteiger partial charge in [0.2, 0.25) is 0 Å². The van der Waals surface area contributed by atoms with E-state index in [1.165, 1.54) is 0 Å². The topological polar surface area (TPSA) is 20.2 Å². The fraction of sp³-hybridized carbons (Fsp3) is 0.455. The van der Waals surface area contributed by atoms with Crippen LogP contribution in [0.1, 0.15) is 27.7 Å². The minimum atomic E-state index is -0.786. The lowest BCUT2D eigenvalue weighted by atomic mass is 9.96. The van der Waals surface area contributed by atoms with Gasteiger partial charge in [0.25, 0.3) is 0 Å². The lowest BCUT2D eigenvalue weighted by Crippen LogP contribution is -2.20. The van der Waals surface area contributed by atoms with Crippen LogP contribution in [0.15, 0.2) is 36.0 Å². The molecule has 0 spiro atoms. The molecule has 1 N–H and O–H groups in total. The third kappa shape index (κ3) is 4.14. The molecule has 0 aromatic rings. The summed E-state index contributed by atoms with van der Waals surface area (Å²) >= 11 is 0. The van der Waals surface area contributed by atoms with Gasteiger partial charge in [0, 0.05) is 0 Å². The Bertz CT molecular complexity index is 214. The molecule has 0 rings (SSSR count). The molecule has 0 saturated heterocycles. The van der Waals surface area contributed by atoms with Gasteiger partial charge >= 0.3 is 0 Å². The van der Waals surface area contributed by atoms with Crippen molar-refractivity contribution < 1.29 is 5.11 Å². The average Bonchev–Trinajstić information content (AvgIpc) is 1.83. The maximum atomic E-state index is 9.70. The number of rotatable bonds is 3. The van der Waals surface area contributed by atoms with E-state index in [-0.39, 0.29) is 0 Å². The molecule has 0 saturated carbocycles. The molecule has 0 radical (unpaired) electrons. The van der Waals surface area contributed by atoms with Crippen LogP contribution in [0, 0.1) is 0 Å². The van der Waals surface area contributed by atoms with Gasteiger partial charge in [-0.05, 0) is 33.3 Å². The number of aliphatic hydroxyl groups is 1. The fourth-order valence-electron chi connectivity index (χ4n) is 0.874. The summed E-state index contributed by atoms with van der Waals surface area (Å²) in [6.07, 6.45) is 5.70. The first kappa shape index (κ1) is 11.2. The predicted octanol–water partition coefficient (Wildman–Crippen LogP) is 2.84. The van der Waals surface area contributed by atoms with Gasteiger partial charge in [-0.25, -0.2) is 0 Å². The first-order valence-corrected chi connectivity index (χ1v) is 4.10. The molecule has 0 unspecified atom stereocenters. The van der Waals surface area contributed by atoms with Gasteiger partial charge in [0.05, 0.1) is 5.60 Å². The van der Waals surface area contributed by atoms with Crippen LogP contribution >= 0.6 is 0 Å². The van der Waals surface area contributed by atoms with Crippen molar-refractivity contribution in [3.05, 3.63) is 36.0 Å². The Morgan fingerprint density at radius 1 is 1.42 bits per heavy atom. The first-order chi connectivity index (χ1) is 5.38. The molecule has 0 aromatic carbocycles. The van der Waals surface area contributed by atoms with E-state index in [1.54, 1.807) is 13.8 Å². The van der Waals surface area contributed by atoms with E-state index >= 15 is 0 Å². The predicted molar refractivity (Wildman–Crippen MR) is 54.0 cm³/mol. The summed E-state index contributed by atoms with van der Waals surface area (Å²) in [7, 11) is 0. The van der Waals surface area contributed by atoms with Crippen molar-refractivity contribution in [1.29, 1.82) is 0 Å². The highest BCUT2D eigenvalue weighted by Gasteiger charge is 2.15. The lowest BCUT2D eigenvalue weighted by Gasteiger charge is -2.19. The quantitative estimate of drug-likeness (QED) is 0.639. The van der Waals surface area contributed by atoms with E-state index in [4.69, 9.17) is 0 Å². The Kier molecular flexibility index (Phi) is 3.98. The molecule has 0 aliphatic rings. The normalized spacial score (nSPS) is 13.9. The molecule has 1 nitrogen and oxygen atoms in total. The average molecular weight is 166 g/mol. The highest BCUT2D eigenvalue weighted by atomic mass is 16.3. The molecule has 0 heterocycles. The zero-order valence-corrected chi connectivity index (χ0v) is 8.39. The van der Waals surface area contributed by atoms with Gasteiger partial charge in [-0.1, -0.05) is 30.4 Å². The van der Waals surface area contributed by atoms with Crippen LogP contribution in [0.3, 0.4) is 0 Å². The summed E-state index contributed by atoms with van der Waals surface area (Å²) in [5, 5.41) is 9.70. The van der Waals surface area contributed by atoms with E-state index in [0.29, 0.717) is 0 Å². The summed E-state index contributed by atoms with van der Waals surface area (Å²) < 4.78 is 0. The molecular weight excluding hydrogens is 148 g/mol. The summed E-state index contributed by atoms with van der Waals surface area (Å²) in [6, 6.07) is 0. The third-order valence-electron chi connectivity index (χ3n) is 1.45.